The summed E-state index contributed by atoms with van der Waals surface area (Å²) in [6.07, 6.45) is 2.38. The molecule has 0 bridgehead atoms. The van der Waals surface area contributed by atoms with Crippen LogP contribution in [0.5, 0.6) is 0 Å². The highest BCUT2D eigenvalue weighted by Crippen LogP contribution is 2.07. The van der Waals surface area contributed by atoms with Crippen molar-refractivity contribution in [2.45, 2.75) is 19.4 Å². The summed E-state index contributed by atoms with van der Waals surface area (Å²) in [5.41, 5.74) is 5.52. The number of rotatable bonds is 5. The number of methoxy groups -OCH3 is 1. The second-order valence-electron chi connectivity index (χ2n) is 3.15. The number of hydrogen-bond donors (Lipinski definition) is 2. The fourth-order valence-electron chi connectivity index (χ4n) is 1.07. The zero-order valence-electron chi connectivity index (χ0n) is 8.53. The van der Waals surface area contributed by atoms with Gasteiger partial charge < -0.3 is 15.8 Å². The summed E-state index contributed by atoms with van der Waals surface area (Å²) in [5, 5.41) is 3.21. The molecule has 1 unspecified atom stereocenters. The van der Waals surface area contributed by atoms with Crippen molar-refractivity contribution in [2.24, 2.45) is 0 Å². The molecule has 5 heteroatoms. The molecule has 14 heavy (non-hydrogen) atoms. The van der Waals surface area contributed by atoms with E-state index in [-0.39, 0.29) is 0 Å². The second kappa shape index (κ2) is 5.39. The van der Waals surface area contributed by atoms with Crippen molar-refractivity contribution in [1.82, 2.24) is 9.97 Å². The minimum atomic E-state index is 0.309. The molecule has 0 fully saturated rings. The van der Waals surface area contributed by atoms with Crippen LogP contribution in [-0.4, -0.2) is 29.7 Å². The van der Waals surface area contributed by atoms with Gasteiger partial charge in [0.2, 0.25) is 0 Å². The minimum absolute atomic E-state index is 0.309. The number of nitrogen functional groups attached to an aromatic ring is 1. The van der Waals surface area contributed by atoms with Gasteiger partial charge in [-0.25, -0.2) is 9.97 Å². The summed E-state index contributed by atoms with van der Waals surface area (Å²) < 4.78 is 4.98. The molecular weight excluding hydrogens is 180 g/mol. The minimum Gasteiger partial charge on any atom is -0.385 e. The average molecular weight is 196 g/mol. The number of nitrogens with one attached hydrogen (secondary N) is 1. The molecule has 1 rings (SSSR count). The lowest BCUT2D eigenvalue weighted by Gasteiger charge is -2.13. The van der Waals surface area contributed by atoms with Gasteiger partial charge in [-0.2, -0.15) is 0 Å². The van der Waals surface area contributed by atoms with Crippen LogP contribution in [0.4, 0.5) is 11.6 Å². The molecule has 3 N–H and O–H groups in total. The van der Waals surface area contributed by atoms with Crippen LogP contribution in [0.1, 0.15) is 13.3 Å². The van der Waals surface area contributed by atoms with Crippen LogP contribution in [0.3, 0.4) is 0 Å². The van der Waals surface area contributed by atoms with Gasteiger partial charge in [0, 0.05) is 25.8 Å². The van der Waals surface area contributed by atoms with Crippen LogP contribution in [-0.2, 0) is 4.74 Å². The van der Waals surface area contributed by atoms with Crippen molar-refractivity contribution in [1.29, 1.82) is 0 Å². The second-order valence-corrected chi connectivity index (χ2v) is 3.15. The van der Waals surface area contributed by atoms with Crippen LogP contribution >= 0.6 is 0 Å². The Morgan fingerprint density at radius 1 is 1.57 bits per heavy atom. The third-order valence-corrected chi connectivity index (χ3v) is 1.84. The molecule has 0 saturated heterocycles. The number of ether oxygens (including phenoxy) is 1. The molecule has 0 saturated carbocycles. The molecule has 0 aliphatic rings. The molecule has 1 aromatic heterocycles. The highest BCUT2D eigenvalue weighted by Gasteiger charge is 2.02. The van der Waals surface area contributed by atoms with Crippen LogP contribution in [0.2, 0.25) is 0 Å². The normalized spacial score (nSPS) is 12.4. The maximum atomic E-state index is 5.52. The molecule has 78 valence electrons. The smallest absolute Gasteiger partial charge is 0.131 e. The predicted octanol–water partition coefficient (Wildman–Crippen LogP) is 0.896. The third-order valence-electron chi connectivity index (χ3n) is 1.84. The van der Waals surface area contributed by atoms with Gasteiger partial charge in [-0.1, -0.05) is 0 Å². The highest BCUT2D eigenvalue weighted by atomic mass is 16.5. The first-order valence-corrected chi connectivity index (χ1v) is 4.55. The van der Waals surface area contributed by atoms with Crippen LogP contribution in [0, 0.1) is 0 Å². The van der Waals surface area contributed by atoms with Crippen LogP contribution in [0.25, 0.3) is 0 Å². The monoisotopic (exact) mass is 196 g/mol. The fraction of sp³-hybridized carbons (Fsp3) is 0.556. The predicted molar refractivity (Wildman–Crippen MR) is 56.0 cm³/mol. The number of hydrogen-bond acceptors (Lipinski definition) is 5. The summed E-state index contributed by atoms with van der Waals surface area (Å²) in [7, 11) is 1.69. The summed E-state index contributed by atoms with van der Waals surface area (Å²) >= 11 is 0. The van der Waals surface area contributed by atoms with Gasteiger partial charge in [-0.3, -0.25) is 0 Å². The van der Waals surface area contributed by atoms with Crippen molar-refractivity contribution in [3.63, 3.8) is 0 Å². The van der Waals surface area contributed by atoms with E-state index in [1.54, 1.807) is 13.2 Å². The molecule has 1 aromatic rings. The Hall–Kier alpha value is -1.36. The molecule has 0 aliphatic heterocycles. The maximum absolute atomic E-state index is 5.52. The van der Waals surface area contributed by atoms with E-state index in [2.05, 4.69) is 22.2 Å². The van der Waals surface area contributed by atoms with Gasteiger partial charge >= 0.3 is 0 Å². The van der Waals surface area contributed by atoms with Crippen molar-refractivity contribution < 1.29 is 4.74 Å². The van der Waals surface area contributed by atoms with Crippen LogP contribution in [0.15, 0.2) is 12.4 Å². The Kier molecular flexibility index (Phi) is 4.12. The quantitative estimate of drug-likeness (QED) is 0.731. The lowest BCUT2D eigenvalue weighted by Crippen LogP contribution is -2.18. The topological polar surface area (TPSA) is 73.1 Å². The van der Waals surface area contributed by atoms with Gasteiger partial charge in [0.1, 0.15) is 18.0 Å². The Bertz CT molecular complexity index is 279. The Morgan fingerprint density at radius 3 is 3.00 bits per heavy atom. The van der Waals surface area contributed by atoms with E-state index in [0.717, 1.165) is 18.8 Å². The van der Waals surface area contributed by atoms with Gasteiger partial charge in [-0.05, 0) is 13.3 Å². The average Bonchev–Trinajstić information content (AvgIpc) is 2.15. The van der Waals surface area contributed by atoms with Gasteiger partial charge in [0.05, 0.1) is 0 Å². The highest BCUT2D eigenvalue weighted by molar-refractivity contribution is 5.43. The molecule has 0 amide bonds. The zero-order chi connectivity index (χ0) is 10.4. The van der Waals surface area contributed by atoms with Crippen molar-refractivity contribution in [2.75, 3.05) is 24.8 Å². The zero-order valence-corrected chi connectivity index (χ0v) is 8.53. The van der Waals surface area contributed by atoms with E-state index in [4.69, 9.17) is 10.5 Å². The van der Waals surface area contributed by atoms with E-state index < -0.39 is 0 Å². The van der Waals surface area contributed by atoms with E-state index in [1.165, 1.54) is 6.33 Å². The first kappa shape index (κ1) is 10.7. The molecule has 0 radical (unpaired) electrons. The van der Waals surface area contributed by atoms with Gasteiger partial charge in [0.25, 0.3) is 0 Å². The first-order valence-electron chi connectivity index (χ1n) is 4.55. The Balaban J connectivity index is 2.43. The van der Waals surface area contributed by atoms with Crippen molar-refractivity contribution in [3.8, 4) is 0 Å². The van der Waals surface area contributed by atoms with E-state index in [1.807, 2.05) is 0 Å². The summed E-state index contributed by atoms with van der Waals surface area (Å²) in [6.45, 7) is 2.80. The maximum Gasteiger partial charge on any atom is 0.131 e. The lowest BCUT2D eigenvalue weighted by atomic mass is 10.2. The summed E-state index contributed by atoms with van der Waals surface area (Å²) in [6, 6.07) is 2.02. The van der Waals surface area contributed by atoms with E-state index in [0.29, 0.717) is 11.9 Å². The third kappa shape index (κ3) is 3.57. The van der Waals surface area contributed by atoms with Gasteiger partial charge in [0.15, 0.2) is 0 Å². The largest absolute Gasteiger partial charge is 0.385 e. The van der Waals surface area contributed by atoms with Crippen molar-refractivity contribution in [3.05, 3.63) is 12.4 Å². The summed E-state index contributed by atoms with van der Waals surface area (Å²) in [4.78, 5) is 7.86. The molecular formula is C9H16N4O. The number of nitrogens with two attached hydrogens (primary N) is 1. The van der Waals surface area contributed by atoms with Gasteiger partial charge in [-0.15, -0.1) is 0 Å². The molecule has 1 heterocycles. The Labute approximate surface area is 83.7 Å². The molecule has 0 aliphatic carbocycles. The molecule has 0 spiro atoms. The number of aromatic nitrogens is 2. The molecule has 5 nitrogen and oxygen atoms in total. The first-order chi connectivity index (χ1) is 6.72. The lowest BCUT2D eigenvalue weighted by molar-refractivity contribution is 0.191. The fourth-order valence-corrected chi connectivity index (χ4v) is 1.07. The standard InChI is InChI=1S/C9H16N4O/c1-7(3-4-14-2)13-9-5-8(10)11-6-12-9/h5-7H,3-4H2,1-2H3,(H3,10,11,12,13). The SMILES string of the molecule is COCCC(C)Nc1cc(N)ncn1. The molecule has 1 atom stereocenters. The Morgan fingerprint density at radius 2 is 2.36 bits per heavy atom. The van der Waals surface area contributed by atoms with E-state index in [9.17, 15) is 0 Å². The molecule has 0 aromatic carbocycles. The van der Waals surface area contributed by atoms with E-state index >= 15 is 0 Å². The summed E-state index contributed by atoms with van der Waals surface area (Å²) in [5.74, 6) is 1.22. The van der Waals surface area contributed by atoms with Crippen molar-refractivity contribution >= 4 is 11.6 Å². The number of anilines is 2. The van der Waals surface area contributed by atoms with Crippen LogP contribution < -0.4 is 11.1 Å². The number of nitrogens with zero attached hydrogens (tertiary/aromatic N) is 2.